The van der Waals surface area contributed by atoms with Crippen LogP contribution < -0.4 is 0 Å². The van der Waals surface area contributed by atoms with Crippen molar-refractivity contribution in [2.75, 3.05) is 13.1 Å². The standard InChI is InChI=1S/C16H22N2/c1-3-14-4-6-15(7-5-14)16(12-17)18-10-8-13(2)9-11-18/h4-7,13,16H,3,8-11H2,1-2H3. The Bertz CT molecular complexity index is 408. The van der Waals surface area contributed by atoms with Gasteiger partial charge in [-0.3, -0.25) is 4.90 Å². The van der Waals surface area contributed by atoms with Gasteiger partial charge in [-0.1, -0.05) is 38.1 Å². The van der Waals surface area contributed by atoms with Crippen molar-refractivity contribution in [3.05, 3.63) is 35.4 Å². The molecule has 0 aromatic heterocycles. The molecule has 0 bridgehead atoms. The Morgan fingerprint density at radius 3 is 2.39 bits per heavy atom. The van der Waals surface area contributed by atoms with Gasteiger partial charge < -0.3 is 0 Å². The molecule has 1 aliphatic rings. The molecular formula is C16H22N2. The van der Waals surface area contributed by atoms with Crippen molar-refractivity contribution < 1.29 is 0 Å². The Morgan fingerprint density at radius 1 is 1.28 bits per heavy atom. The zero-order valence-corrected chi connectivity index (χ0v) is 11.4. The maximum atomic E-state index is 9.43. The molecule has 0 saturated carbocycles. The molecule has 1 unspecified atom stereocenters. The number of piperidine rings is 1. The summed E-state index contributed by atoms with van der Waals surface area (Å²) in [4.78, 5) is 2.32. The monoisotopic (exact) mass is 242 g/mol. The molecule has 18 heavy (non-hydrogen) atoms. The molecule has 1 saturated heterocycles. The molecule has 2 nitrogen and oxygen atoms in total. The van der Waals surface area contributed by atoms with E-state index in [1.807, 2.05) is 0 Å². The Kier molecular flexibility index (Phi) is 4.38. The fourth-order valence-corrected chi connectivity index (χ4v) is 2.59. The fourth-order valence-electron chi connectivity index (χ4n) is 2.59. The lowest BCUT2D eigenvalue weighted by Crippen LogP contribution is -2.35. The number of aryl methyl sites for hydroxylation is 1. The van der Waals surface area contributed by atoms with Crippen LogP contribution in [0.4, 0.5) is 0 Å². The van der Waals surface area contributed by atoms with Crippen molar-refractivity contribution in [3.8, 4) is 6.07 Å². The summed E-state index contributed by atoms with van der Waals surface area (Å²) in [5, 5.41) is 9.43. The molecule has 96 valence electrons. The van der Waals surface area contributed by atoms with E-state index in [1.54, 1.807) is 0 Å². The van der Waals surface area contributed by atoms with Gasteiger partial charge in [0.1, 0.15) is 6.04 Å². The largest absolute Gasteiger partial charge is 0.284 e. The average Bonchev–Trinajstić information content (AvgIpc) is 2.42. The van der Waals surface area contributed by atoms with Crippen LogP contribution in [0, 0.1) is 17.2 Å². The first-order valence-corrected chi connectivity index (χ1v) is 6.97. The van der Waals surface area contributed by atoms with Gasteiger partial charge in [0.2, 0.25) is 0 Å². The first-order chi connectivity index (χ1) is 8.74. The minimum absolute atomic E-state index is 0.0663. The number of benzene rings is 1. The van der Waals surface area contributed by atoms with E-state index in [9.17, 15) is 5.26 Å². The van der Waals surface area contributed by atoms with Crippen LogP contribution in [0.5, 0.6) is 0 Å². The van der Waals surface area contributed by atoms with Crippen LogP contribution in [0.15, 0.2) is 24.3 Å². The molecule has 1 aliphatic heterocycles. The van der Waals surface area contributed by atoms with Crippen molar-refractivity contribution in [2.24, 2.45) is 5.92 Å². The van der Waals surface area contributed by atoms with E-state index in [4.69, 9.17) is 0 Å². The summed E-state index contributed by atoms with van der Waals surface area (Å²) in [6, 6.07) is 10.9. The molecule has 1 heterocycles. The molecule has 0 spiro atoms. The third kappa shape index (κ3) is 2.91. The molecular weight excluding hydrogens is 220 g/mol. The number of hydrogen-bond donors (Lipinski definition) is 0. The smallest absolute Gasteiger partial charge is 0.123 e. The maximum absolute atomic E-state index is 9.43. The number of rotatable bonds is 3. The second kappa shape index (κ2) is 6.02. The van der Waals surface area contributed by atoms with Gasteiger partial charge in [-0.2, -0.15) is 5.26 Å². The Morgan fingerprint density at radius 2 is 1.89 bits per heavy atom. The molecule has 2 rings (SSSR count). The summed E-state index contributed by atoms with van der Waals surface area (Å²) in [7, 11) is 0. The van der Waals surface area contributed by atoms with Gasteiger partial charge in [0.05, 0.1) is 6.07 Å². The van der Waals surface area contributed by atoms with E-state index >= 15 is 0 Å². The molecule has 0 N–H and O–H groups in total. The van der Waals surface area contributed by atoms with Gasteiger partial charge in [0.15, 0.2) is 0 Å². The first-order valence-electron chi connectivity index (χ1n) is 6.97. The van der Waals surface area contributed by atoms with Gasteiger partial charge in [-0.05, 0) is 49.4 Å². The highest BCUT2D eigenvalue weighted by Crippen LogP contribution is 2.26. The highest BCUT2D eigenvalue weighted by Gasteiger charge is 2.24. The Labute approximate surface area is 110 Å². The van der Waals surface area contributed by atoms with Crippen molar-refractivity contribution in [3.63, 3.8) is 0 Å². The van der Waals surface area contributed by atoms with Gasteiger partial charge >= 0.3 is 0 Å². The number of hydrogen-bond acceptors (Lipinski definition) is 2. The lowest BCUT2D eigenvalue weighted by atomic mass is 9.96. The summed E-state index contributed by atoms with van der Waals surface area (Å²) < 4.78 is 0. The van der Waals surface area contributed by atoms with Crippen molar-refractivity contribution >= 4 is 0 Å². The van der Waals surface area contributed by atoms with E-state index in [0.29, 0.717) is 0 Å². The van der Waals surface area contributed by atoms with Gasteiger partial charge in [-0.25, -0.2) is 0 Å². The predicted octanol–water partition coefficient (Wildman–Crippen LogP) is 3.55. The normalized spacial score (nSPS) is 19.4. The topological polar surface area (TPSA) is 27.0 Å². The first kappa shape index (κ1) is 13.1. The predicted molar refractivity (Wildman–Crippen MR) is 74.1 cm³/mol. The van der Waals surface area contributed by atoms with Crippen LogP contribution in [-0.4, -0.2) is 18.0 Å². The van der Waals surface area contributed by atoms with Crippen molar-refractivity contribution in [1.82, 2.24) is 4.90 Å². The summed E-state index contributed by atoms with van der Waals surface area (Å²) in [6.07, 6.45) is 3.48. The number of likely N-dealkylation sites (tertiary alicyclic amines) is 1. The van der Waals surface area contributed by atoms with E-state index in [0.717, 1.165) is 31.0 Å². The average molecular weight is 242 g/mol. The minimum atomic E-state index is -0.0663. The lowest BCUT2D eigenvalue weighted by molar-refractivity contribution is 0.165. The zero-order valence-electron chi connectivity index (χ0n) is 11.4. The van der Waals surface area contributed by atoms with Crippen molar-refractivity contribution in [2.45, 2.75) is 39.2 Å². The summed E-state index contributed by atoms with van der Waals surface area (Å²) in [5.41, 5.74) is 2.48. The highest BCUT2D eigenvalue weighted by molar-refractivity contribution is 5.28. The zero-order chi connectivity index (χ0) is 13.0. The summed E-state index contributed by atoms with van der Waals surface area (Å²) in [6.45, 7) is 6.56. The minimum Gasteiger partial charge on any atom is -0.284 e. The summed E-state index contributed by atoms with van der Waals surface area (Å²) >= 11 is 0. The van der Waals surface area contributed by atoms with E-state index < -0.39 is 0 Å². The van der Waals surface area contributed by atoms with Crippen LogP contribution in [-0.2, 0) is 6.42 Å². The van der Waals surface area contributed by atoms with Gasteiger partial charge in [-0.15, -0.1) is 0 Å². The molecule has 1 fully saturated rings. The molecule has 2 heteroatoms. The highest BCUT2D eigenvalue weighted by atomic mass is 15.2. The molecule has 0 aliphatic carbocycles. The van der Waals surface area contributed by atoms with E-state index in [1.165, 1.54) is 18.4 Å². The fraction of sp³-hybridized carbons (Fsp3) is 0.562. The van der Waals surface area contributed by atoms with E-state index in [-0.39, 0.29) is 6.04 Å². The number of nitrogens with zero attached hydrogens (tertiary/aromatic N) is 2. The third-order valence-corrected chi connectivity index (χ3v) is 4.01. The van der Waals surface area contributed by atoms with Crippen LogP contribution >= 0.6 is 0 Å². The molecule has 0 radical (unpaired) electrons. The van der Waals surface area contributed by atoms with E-state index in [2.05, 4.69) is 49.1 Å². The van der Waals surface area contributed by atoms with Crippen LogP contribution in [0.2, 0.25) is 0 Å². The second-order valence-electron chi connectivity index (χ2n) is 5.35. The number of nitriles is 1. The van der Waals surface area contributed by atoms with Crippen molar-refractivity contribution in [1.29, 1.82) is 5.26 Å². The molecule has 0 amide bonds. The molecule has 1 aromatic rings. The molecule has 1 atom stereocenters. The van der Waals surface area contributed by atoms with Gasteiger partial charge in [0, 0.05) is 0 Å². The molecule has 1 aromatic carbocycles. The van der Waals surface area contributed by atoms with Crippen LogP contribution in [0.3, 0.4) is 0 Å². The maximum Gasteiger partial charge on any atom is 0.123 e. The summed E-state index contributed by atoms with van der Waals surface area (Å²) in [5.74, 6) is 0.808. The Balaban J connectivity index is 2.10. The lowest BCUT2D eigenvalue weighted by Gasteiger charge is -2.33. The van der Waals surface area contributed by atoms with Crippen LogP contribution in [0.25, 0.3) is 0 Å². The quantitative estimate of drug-likeness (QED) is 0.810. The van der Waals surface area contributed by atoms with Gasteiger partial charge in [0.25, 0.3) is 0 Å². The third-order valence-electron chi connectivity index (χ3n) is 4.01. The van der Waals surface area contributed by atoms with Crippen LogP contribution in [0.1, 0.15) is 43.9 Å². The SMILES string of the molecule is CCc1ccc(C(C#N)N2CCC(C)CC2)cc1. The Hall–Kier alpha value is -1.33. The second-order valence-corrected chi connectivity index (χ2v) is 5.35.